The normalized spacial score (nSPS) is 16.8. The molecule has 1 N–H and O–H groups in total. The highest BCUT2D eigenvalue weighted by Crippen LogP contribution is 2.23. The lowest BCUT2D eigenvalue weighted by atomic mass is 10.1. The van der Waals surface area contributed by atoms with E-state index < -0.39 is 0 Å². The number of imide groups is 1. The third kappa shape index (κ3) is 5.31. The summed E-state index contributed by atoms with van der Waals surface area (Å²) in [4.78, 5) is 29.3. The van der Waals surface area contributed by atoms with Gasteiger partial charge in [0, 0.05) is 19.3 Å². The third-order valence-corrected chi connectivity index (χ3v) is 4.99. The van der Waals surface area contributed by atoms with Gasteiger partial charge in [0.15, 0.2) is 0 Å². The van der Waals surface area contributed by atoms with Gasteiger partial charge in [-0.05, 0) is 43.3 Å². The number of hydrogen-bond acceptors (Lipinski definition) is 6. The first-order valence-electron chi connectivity index (χ1n) is 8.42. The SMILES string of the molecule is CN(CCOc1ccc(CC2SC(=O)NC2=O)cc1)Cc1ccccn1. The topological polar surface area (TPSA) is 71.5 Å². The van der Waals surface area contributed by atoms with Crippen molar-refractivity contribution in [1.82, 2.24) is 15.2 Å². The van der Waals surface area contributed by atoms with Crippen molar-refractivity contribution >= 4 is 22.9 Å². The molecule has 0 radical (unpaired) electrons. The molecule has 7 heteroatoms. The van der Waals surface area contributed by atoms with E-state index in [4.69, 9.17) is 4.74 Å². The Morgan fingerprint density at radius 2 is 2.00 bits per heavy atom. The average molecular weight is 371 g/mol. The lowest BCUT2D eigenvalue weighted by molar-refractivity contribution is -0.118. The molecule has 1 atom stereocenters. The zero-order valence-electron chi connectivity index (χ0n) is 14.6. The minimum Gasteiger partial charge on any atom is -0.492 e. The predicted molar refractivity (Wildman–Crippen MR) is 101 cm³/mol. The zero-order chi connectivity index (χ0) is 18.4. The molecule has 1 aliphatic heterocycles. The number of carbonyl (C=O) groups excluding carboxylic acids is 2. The number of thioether (sulfide) groups is 1. The van der Waals surface area contributed by atoms with Gasteiger partial charge in [0.1, 0.15) is 12.4 Å². The summed E-state index contributed by atoms with van der Waals surface area (Å²) in [7, 11) is 2.03. The van der Waals surface area contributed by atoms with Crippen LogP contribution in [0, 0.1) is 0 Å². The highest BCUT2D eigenvalue weighted by molar-refractivity contribution is 8.15. The number of nitrogens with zero attached hydrogens (tertiary/aromatic N) is 2. The Kier molecular flexibility index (Phi) is 6.25. The molecule has 1 aromatic carbocycles. The van der Waals surface area contributed by atoms with Crippen molar-refractivity contribution in [2.24, 2.45) is 0 Å². The first kappa shape index (κ1) is 18.4. The Bertz CT molecular complexity index is 752. The van der Waals surface area contributed by atoms with E-state index in [1.807, 2.05) is 49.5 Å². The van der Waals surface area contributed by atoms with Gasteiger partial charge in [0.25, 0.3) is 5.24 Å². The number of carbonyl (C=O) groups is 2. The summed E-state index contributed by atoms with van der Waals surface area (Å²) in [6.45, 7) is 2.15. The van der Waals surface area contributed by atoms with Gasteiger partial charge < -0.3 is 4.74 Å². The second-order valence-electron chi connectivity index (χ2n) is 6.14. The summed E-state index contributed by atoms with van der Waals surface area (Å²) in [6.07, 6.45) is 2.33. The minimum absolute atomic E-state index is 0.212. The molecule has 136 valence electrons. The highest BCUT2D eigenvalue weighted by Gasteiger charge is 2.31. The molecule has 1 saturated heterocycles. The molecule has 26 heavy (non-hydrogen) atoms. The fourth-order valence-electron chi connectivity index (χ4n) is 2.63. The van der Waals surface area contributed by atoms with Crippen molar-refractivity contribution in [3.05, 3.63) is 59.9 Å². The smallest absolute Gasteiger partial charge is 0.286 e. The second-order valence-corrected chi connectivity index (χ2v) is 7.31. The van der Waals surface area contributed by atoms with Gasteiger partial charge >= 0.3 is 0 Å². The quantitative estimate of drug-likeness (QED) is 0.769. The van der Waals surface area contributed by atoms with Gasteiger partial charge in [-0.15, -0.1) is 0 Å². The van der Waals surface area contributed by atoms with Crippen LogP contribution in [0.25, 0.3) is 0 Å². The maximum atomic E-state index is 11.6. The van der Waals surface area contributed by atoms with Crippen molar-refractivity contribution < 1.29 is 14.3 Å². The van der Waals surface area contributed by atoms with Gasteiger partial charge in [-0.2, -0.15) is 0 Å². The molecular weight excluding hydrogens is 350 g/mol. The van der Waals surface area contributed by atoms with E-state index in [-0.39, 0.29) is 16.4 Å². The number of aromatic nitrogens is 1. The number of pyridine rings is 1. The van der Waals surface area contributed by atoms with Gasteiger partial charge in [0.2, 0.25) is 5.91 Å². The molecule has 2 aromatic rings. The van der Waals surface area contributed by atoms with Crippen LogP contribution in [0.5, 0.6) is 5.75 Å². The maximum absolute atomic E-state index is 11.6. The third-order valence-electron chi connectivity index (χ3n) is 4.01. The molecule has 1 fully saturated rings. The van der Waals surface area contributed by atoms with E-state index in [9.17, 15) is 9.59 Å². The molecule has 1 unspecified atom stereocenters. The van der Waals surface area contributed by atoms with E-state index in [2.05, 4.69) is 15.2 Å². The molecule has 6 nitrogen and oxygen atoms in total. The fourth-order valence-corrected chi connectivity index (χ4v) is 3.49. The summed E-state index contributed by atoms with van der Waals surface area (Å²) in [5.41, 5.74) is 2.04. The predicted octanol–water partition coefficient (Wildman–Crippen LogP) is 2.49. The Morgan fingerprint density at radius 1 is 1.19 bits per heavy atom. The first-order valence-corrected chi connectivity index (χ1v) is 9.30. The summed E-state index contributed by atoms with van der Waals surface area (Å²) in [5.74, 6) is 0.579. The summed E-state index contributed by atoms with van der Waals surface area (Å²) in [6, 6.07) is 13.6. The van der Waals surface area contributed by atoms with Gasteiger partial charge in [-0.25, -0.2) is 0 Å². The van der Waals surface area contributed by atoms with Gasteiger partial charge in [-0.1, -0.05) is 30.0 Å². The largest absolute Gasteiger partial charge is 0.492 e. The Labute approximate surface area is 156 Å². The average Bonchev–Trinajstić information content (AvgIpc) is 2.94. The lowest BCUT2D eigenvalue weighted by Crippen LogP contribution is -2.25. The van der Waals surface area contributed by atoms with Crippen molar-refractivity contribution in [2.75, 3.05) is 20.2 Å². The van der Waals surface area contributed by atoms with Gasteiger partial charge in [-0.3, -0.25) is 24.8 Å². The number of hydrogen-bond donors (Lipinski definition) is 1. The molecule has 0 spiro atoms. The van der Waals surface area contributed by atoms with Crippen LogP contribution < -0.4 is 10.1 Å². The van der Waals surface area contributed by atoms with Crippen molar-refractivity contribution in [3.8, 4) is 5.75 Å². The molecule has 2 amide bonds. The lowest BCUT2D eigenvalue weighted by Gasteiger charge is -2.16. The molecule has 1 aliphatic rings. The van der Waals surface area contributed by atoms with Crippen molar-refractivity contribution in [3.63, 3.8) is 0 Å². The molecule has 0 aliphatic carbocycles. The number of nitrogens with one attached hydrogen (secondary N) is 1. The monoisotopic (exact) mass is 371 g/mol. The van der Waals surface area contributed by atoms with Crippen LogP contribution >= 0.6 is 11.8 Å². The summed E-state index contributed by atoms with van der Waals surface area (Å²) >= 11 is 1.05. The second kappa shape index (κ2) is 8.82. The van der Waals surface area contributed by atoms with Crippen molar-refractivity contribution in [2.45, 2.75) is 18.2 Å². The van der Waals surface area contributed by atoms with Gasteiger partial charge in [0.05, 0.1) is 10.9 Å². The summed E-state index contributed by atoms with van der Waals surface area (Å²) in [5, 5.41) is 1.70. The number of likely N-dealkylation sites (N-methyl/N-ethyl adjacent to an activating group) is 1. The van der Waals surface area contributed by atoms with E-state index in [1.165, 1.54) is 0 Å². The molecule has 3 rings (SSSR count). The molecular formula is C19H21N3O3S. The number of rotatable bonds is 8. The van der Waals surface area contributed by atoms with Crippen LogP contribution in [0.4, 0.5) is 4.79 Å². The fraction of sp³-hybridized carbons (Fsp3) is 0.316. The highest BCUT2D eigenvalue weighted by atomic mass is 32.2. The van der Waals surface area contributed by atoms with Crippen LogP contribution in [0.15, 0.2) is 48.7 Å². The Morgan fingerprint density at radius 3 is 2.65 bits per heavy atom. The Hall–Kier alpha value is -2.38. The summed E-state index contributed by atoms with van der Waals surface area (Å²) < 4.78 is 5.78. The number of benzene rings is 1. The molecule has 1 aromatic heterocycles. The maximum Gasteiger partial charge on any atom is 0.286 e. The number of ether oxygens (including phenoxy) is 1. The molecule has 0 bridgehead atoms. The van der Waals surface area contributed by atoms with E-state index in [1.54, 1.807) is 6.20 Å². The van der Waals surface area contributed by atoms with Crippen LogP contribution in [0.2, 0.25) is 0 Å². The van der Waals surface area contributed by atoms with Crippen LogP contribution in [-0.4, -0.2) is 46.5 Å². The standard InChI is InChI=1S/C19H21N3O3S/c1-22(13-15-4-2-3-9-20-15)10-11-25-16-7-5-14(6-8-16)12-17-18(23)21-19(24)26-17/h2-9,17H,10-13H2,1H3,(H,21,23,24). The van der Waals surface area contributed by atoms with Crippen LogP contribution in [0.1, 0.15) is 11.3 Å². The van der Waals surface area contributed by atoms with Crippen LogP contribution in [0.3, 0.4) is 0 Å². The van der Waals surface area contributed by atoms with E-state index in [0.29, 0.717) is 13.0 Å². The van der Waals surface area contributed by atoms with E-state index in [0.717, 1.165) is 41.9 Å². The minimum atomic E-state index is -0.338. The van der Waals surface area contributed by atoms with Crippen LogP contribution in [-0.2, 0) is 17.8 Å². The zero-order valence-corrected chi connectivity index (χ0v) is 15.4. The molecule has 2 heterocycles. The Balaban J connectivity index is 1.41. The first-order chi connectivity index (χ1) is 12.6. The van der Waals surface area contributed by atoms with Crippen molar-refractivity contribution in [1.29, 1.82) is 0 Å². The van der Waals surface area contributed by atoms with E-state index >= 15 is 0 Å². The number of amides is 2. The molecule has 0 saturated carbocycles.